The normalized spacial score (nSPS) is 11.2. The molecule has 1 heterocycles. The Morgan fingerprint density at radius 1 is 1.25 bits per heavy atom. The molecule has 1 aromatic heterocycles. The van der Waals surface area contributed by atoms with Gasteiger partial charge in [0.2, 0.25) is 0 Å². The number of benzene rings is 1. The van der Waals surface area contributed by atoms with Crippen LogP contribution in [-0.2, 0) is 0 Å². The van der Waals surface area contributed by atoms with Gasteiger partial charge in [-0.15, -0.1) is 0 Å². The summed E-state index contributed by atoms with van der Waals surface area (Å²) in [6.07, 6.45) is 1.24. The molecular formula is C18H21N3O3. The van der Waals surface area contributed by atoms with E-state index in [-0.39, 0.29) is 17.0 Å². The molecule has 0 saturated heterocycles. The van der Waals surface area contributed by atoms with Crippen LogP contribution in [0.2, 0.25) is 0 Å². The predicted octanol–water partition coefficient (Wildman–Crippen LogP) is 3.74. The molecule has 0 aliphatic heterocycles. The van der Waals surface area contributed by atoms with Gasteiger partial charge in [-0.25, -0.2) is 0 Å². The first-order valence-electron chi connectivity index (χ1n) is 7.67. The minimum absolute atomic E-state index is 0.0152. The predicted molar refractivity (Wildman–Crippen MR) is 92.9 cm³/mol. The highest BCUT2D eigenvalue weighted by molar-refractivity contribution is 5.94. The van der Waals surface area contributed by atoms with Gasteiger partial charge in [-0.2, -0.15) is 0 Å². The fourth-order valence-electron chi connectivity index (χ4n) is 2.16. The molecule has 24 heavy (non-hydrogen) atoms. The molecule has 0 radical (unpaired) electrons. The van der Waals surface area contributed by atoms with Crippen molar-refractivity contribution in [1.29, 1.82) is 0 Å². The number of pyridine rings is 1. The smallest absolute Gasteiger partial charge is 0.288 e. The molecular weight excluding hydrogens is 306 g/mol. The molecule has 2 aromatic rings. The van der Waals surface area contributed by atoms with E-state index in [9.17, 15) is 14.9 Å². The van der Waals surface area contributed by atoms with Crippen LogP contribution in [0.4, 0.5) is 5.69 Å². The molecule has 1 N–H and O–H groups in total. The topological polar surface area (TPSA) is 85.1 Å². The zero-order valence-electron chi connectivity index (χ0n) is 14.3. The summed E-state index contributed by atoms with van der Waals surface area (Å²) in [6, 6.07) is 8.48. The molecule has 0 aliphatic rings. The second kappa shape index (κ2) is 6.78. The van der Waals surface area contributed by atoms with Crippen LogP contribution in [0.3, 0.4) is 0 Å². The fourth-order valence-corrected chi connectivity index (χ4v) is 2.16. The molecule has 0 atom stereocenters. The maximum absolute atomic E-state index is 12.1. The summed E-state index contributed by atoms with van der Waals surface area (Å²) in [5.41, 5.74) is 2.69. The maximum atomic E-state index is 12.1. The van der Waals surface area contributed by atoms with Gasteiger partial charge >= 0.3 is 0 Å². The van der Waals surface area contributed by atoms with E-state index in [0.717, 1.165) is 5.56 Å². The Morgan fingerprint density at radius 2 is 1.88 bits per heavy atom. The second-order valence-corrected chi connectivity index (χ2v) is 6.90. The lowest BCUT2D eigenvalue weighted by Gasteiger charge is -2.18. The maximum Gasteiger partial charge on any atom is 0.288 e. The van der Waals surface area contributed by atoms with E-state index in [4.69, 9.17) is 0 Å². The number of aromatic nitrogens is 1. The summed E-state index contributed by atoms with van der Waals surface area (Å²) in [5, 5.41) is 13.8. The Morgan fingerprint density at radius 3 is 2.42 bits per heavy atom. The highest BCUT2D eigenvalue weighted by Gasteiger charge is 2.14. The Labute approximate surface area is 141 Å². The van der Waals surface area contributed by atoms with Crippen LogP contribution >= 0.6 is 0 Å². The number of amides is 1. The van der Waals surface area contributed by atoms with Crippen LogP contribution < -0.4 is 5.32 Å². The van der Waals surface area contributed by atoms with Crippen LogP contribution in [-0.4, -0.2) is 22.4 Å². The van der Waals surface area contributed by atoms with E-state index in [1.807, 2.05) is 0 Å². The van der Waals surface area contributed by atoms with E-state index < -0.39 is 4.92 Å². The number of nitrogens with zero attached hydrogens (tertiary/aromatic N) is 2. The lowest BCUT2D eigenvalue weighted by molar-refractivity contribution is -0.385. The molecule has 0 fully saturated rings. The number of hydrogen-bond donors (Lipinski definition) is 1. The average Bonchev–Trinajstić information content (AvgIpc) is 2.52. The first-order valence-corrected chi connectivity index (χ1v) is 7.67. The molecule has 0 saturated carbocycles. The Kier molecular flexibility index (Phi) is 4.97. The third-order valence-electron chi connectivity index (χ3n) is 3.52. The molecule has 0 aliphatic carbocycles. The molecule has 126 valence electrons. The number of nitro groups is 1. The first-order chi connectivity index (χ1) is 11.2. The summed E-state index contributed by atoms with van der Waals surface area (Å²) in [7, 11) is 0. The van der Waals surface area contributed by atoms with Gasteiger partial charge < -0.3 is 5.32 Å². The third kappa shape index (κ3) is 4.38. The van der Waals surface area contributed by atoms with Crippen LogP contribution in [0.15, 0.2) is 36.5 Å². The number of carbonyl (C=O) groups is 1. The Hall–Kier alpha value is -2.76. The summed E-state index contributed by atoms with van der Waals surface area (Å²) in [5.74, 6) is -0.134. The fraction of sp³-hybridized carbons (Fsp3) is 0.333. The highest BCUT2D eigenvalue weighted by atomic mass is 16.6. The van der Waals surface area contributed by atoms with Crippen molar-refractivity contribution in [3.8, 4) is 11.1 Å². The zero-order chi connectivity index (χ0) is 17.9. The largest absolute Gasteiger partial charge is 0.352 e. The summed E-state index contributed by atoms with van der Waals surface area (Å²) in [4.78, 5) is 26.6. The number of carbonyl (C=O) groups excluding carboxylic acids is 1. The van der Waals surface area contributed by atoms with Crippen molar-refractivity contribution in [2.45, 2.75) is 27.7 Å². The number of rotatable bonds is 4. The van der Waals surface area contributed by atoms with Crippen LogP contribution in [0, 0.1) is 22.5 Å². The highest BCUT2D eigenvalue weighted by Crippen LogP contribution is 2.26. The van der Waals surface area contributed by atoms with Gasteiger partial charge in [0, 0.05) is 29.4 Å². The molecule has 1 amide bonds. The average molecular weight is 327 g/mol. The van der Waals surface area contributed by atoms with E-state index in [1.165, 1.54) is 12.3 Å². The summed E-state index contributed by atoms with van der Waals surface area (Å²) >= 11 is 0. The second-order valence-electron chi connectivity index (χ2n) is 6.90. The van der Waals surface area contributed by atoms with Crippen molar-refractivity contribution in [1.82, 2.24) is 10.3 Å². The number of aryl methyl sites for hydroxylation is 1. The quantitative estimate of drug-likeness (QED) is 0.684. The minimum Gasteiger partial charge on any atom is -0.352 e. The molecule has 6 heteroatoms. The van der Waals surface area contributed by atoms with Crippen molar-refractivity contribution >= 4 is 11.6 Å². The standard InChI is InChI=1S/C18H21N3O3/c1-12-16(9-15(10-19-12)21(23)24)13-5-7-14(8-6-13)17(22)20-11-18(2,3)4/h5-10H,11H2,1-4H3,(H,20,22). The molecule has 2 rings (SSSR count). The SMILES string of the molecule is Cc1ncc([N+](=O)[O-])cc1-c1ccc(C(=O)NCC(C)(C)C)cc1. The van der Waals surface area contributed by atoms with Gasteiger partial charge in [0.15, 0.2) is 0 Å². The van der Waals surface area contributed by atoms with Gasteiger partial charge in [0.05, 0.1) is 4.92 Å². The van der Waals surface area contributed by atoms with Crippen molar-refractivity contribution in [2.24, 2.45) is 5.41 Å². The third-order valence-corrected chi connectivity index (χ3v) is 3.52. The number of hydrogen-bond acceptors (Lipinski definition) is 4. The minimum atomic E-state index is -0.468. The lowest BCUT2D eigenvalue weighted by atomic mass is 9.96. The van der Waals surface area contributed by atoms with Gasteiger partial charge in [0.25, 0.3) is 11.6 Å². The molecule has 0 spiro atoms. The van der Waals surface area contributed by atoms with Crippen molar-refractivity contribution in [2.75, 3.05) is 6.54 Å². The Balaban J connectivity index is 2.22. The molecule has 0 bridgehead atoms. The van der Waals surface area contributed by atoms with E-state index in [1.54, 1.807) is 31.2 Å². The van der Waals surface area contributed by atoms with Crippen LogP contribution in [0.1, 0.15) is 36.8 Å². The zero-order valence-corrected chi connectivity index (χ0v) is 14.3. The van der Waals surface area contributed by atoms with Crippen molar-refractivity contribution in [3.63, 3.8) is 0 Å². The van der Waals surface area contributed by atoms with Crippen molar-refractivity contribution < 1.29 is 9.72 Å². The molecule has 6 nitrogen and oxygen atoms in total. The summed E-state index contributed by atoms with van der Waals surface area (Å²) in [6.45, 7) is 8.53. The van der Waals surface area contributed by atoms with Crippen LogP contribution in [0.25, 0.3) is 11.1 Å². The number of nitrogens with one attached hydrogen (secondary N) is 1. The van der Waals surface area contributed by atoms with Gasteiger partial charge in [0.1, 0.15) is 6.20 Å². The van der Waals surface area contributed by atoms with E-state index in [0.29, 0.717) is 23.4 Å². The van der Waals surface area contributed by atoms with Crippen molar-refractivity contribution in [3.05, 3.63) is 57.9 Å². The van der Waals surface area contributed by atoms with Crippen LogP contribution in [0.5, 0.6) is 0 Å². The summed E-state index contributed by atoms with van der Waals surface area (Å²) < 4.78 is 0. The van der Waals surface area contributed by atoms with Gasteiger partial charge in [-0.1, -0.05) is 32.9 Å². The lowest BCUT2D eigenvalue weighted by Crippen LogP contribution is -2.32. The van der Waals surface area contributed by atoms with E-state index >= 15 is 0 Å². The Bertz CT molecular complexity index is 762. The molecule has 1 aromatic carbocycles. The van der Waals surface area contributed by atoms with Gasteiger partial charge in [-0.05, 0) is 30.0 Å². The monoisotopic (exact) mass is 327 g/mol. The van der Waals surface area contributed by atoms with Gasteiger partial charge in [-0.3, -0.25) is 19.9 Å². The van der Waals surface area contributed by atoms with E-state index in [2.05, 4.69) is 31.1 Å². The molecule has 0 unspecified atom stereocenters. The first kappa shape index (κ1) is 17.6.